The highest BCUT2D eigenvalue weighted by Crippen LogP contribution is 2.39. The predicted octanol–water partition coefficient (Wildman–Crippen LogP) is 11.7. The highest BCUT2D eigenvalue weighted by atomic mass is 28.4. The van der Waals surface area contributed by atoms with Crippen molar-refractivity contribution in [3.8, 4) is 0 Å². The molecule has 0 bridgehead atoms. The second-order valence-electron chi connectivity index (χ2n) is 16.7. The molecule has 1 N–H and O–H groups in total. The molecule has 2 unspecified atom stereocenters. The second-order valence-corrected chi connectivity index (χ2v) is 26.2. The molecule has 0 fully saturated rings. The lowest BCUT2D eigenvalue weighted by Crippen LogP contribution is -2.50. The zero-order valence-corrected chi connectivity index (χ0v) is 33.7. The van der Waals surface area contributed by atoms with Gasteiger partial charge in [-0.25, -0.2) is 0 Å². The van der Waals surface area contributed by atoms with Gasteiger partial charge in [0.15, 0.2) is 16.6 Å². The van der Waals surface area contributed by atoms with Crippen LogP contribution in [0.5, 0.6) is 0 Å². The highest BCUT2D eigenvalue weighted by molar-refractivity contribution is 6.74. The van der Waals surface area contributed by atoms with Crippen LogP contribution >= 0.6 is 0 Å². The van der Waals surface area contributed by atoms with Crippen LogP contribution < -0.4 is 0 Å². The van der Waals surface area contributed by atoms with Crippen molar-refractivity contribution in [2.45, 2.75) is 213 Å². The summed E-state index contributed by atoms with van der Waals surface area (Å²) in [4.78, 5) is 2.71. The van der Waals surface area contributed by atoms with Gasteiger partial charge in [-0.2, -0.15) is 0 Å². The number of aliphatic hydroxyl groups excluding tert-OH is 1. The van der Waals surface area contributed by atoms with E-state index in [1.807, 2.05) is 0 Å². The van der Waals surface area contributed by atoms with Crippen molar-refractivity contribution in [1.82, 2.24) is 4.90 Å². The quantitative estimate of drug-likeness (QED) is 0.0714. The largest absolute Gasteiger partial charge is 0.413 e. The van der Waals surface area contributed by atoms with E-state index in [9.17, 15) is 5.11 Å². The Balaban J connectivity index is 5.86. The highest BCUT2D eigenvalue weighted by Gasteiger charge is 2.41. The molecule has 6 heteroatoms. The molecule has 4 nitrogen and oxygen atoms in total. The van der Waals surface area contributed by atoms with Crippen LogP contribution in [0.4, 0.5) is 0 Å². The van der Waals surface area contributed by atoms with E-state index in [1.165, 1.54) is 77.0 Å². The number of nitrogens with zero attached hydrogens (tertiary/aromatic N) is 1. The molecular weight excluding hydrogens is 563 g/mol. The zero-order valence-electron chi connectivity index (χ0n) is 31.7. The van der Waals surface area contributed by atoms with Crippen LogP contribution in [-0.4, -0.2) is 65.1 Å². The van der Waals surface area contributed by atoms with E-state index in [1.54, 1.807) is 0 Å². The van der Waals surface area contributed by atoms with Gasteiger partial charge >= 0.3 is 0 Å². The van der Waals surface area contributed by atoms with Crippen LogP contribution in [0.25, 0.3) is 0 Å². The van der Waals surface area contributed by atoms with Crippen molar-refractivity contribution < 1.29 is 14.0 Å². The van der Waals surface area contributed by atoms with Gasteiger partial charge in [0.1, 0.15) is 0 Å². The summed E-state index contributed by atoms with van der Waals surface area (Å²) in [5.74, 6) is 0. The van der Waals surface area contributed by atoms with Crippen LogP contribution in [0.2, 0.25) is 36.3 Å². The van der Waals surface area contributed by atoms with Crippen LogP contribution in [-0.2, 0) is 8.85 Å². The Labute approximate surface area is 274 Å². The second kappa shape index (κ2) is 22.7. The van der Waals surface area contributed by atoms with E-state index in [-0.39, 0.29) is 22.3 Å². The topological polar surface area (TPSA) is 41.9 Å². The summed E-state index contributed by atoms with van der Waals surface area (Å²) in [5.41, 5.74) is 0. The normalized spacial score (nSPS) is 14.9. The summed E-state index contributed by atoms with van der Waals surface area (Å²) < 4.78 is 14.4. The molecule has 0 aromatic carbocycles. The first-order chi connectivity index (χ1) is 20.0. The summed E-state index contributed by atoms with van der Waals surface area (Å²) in [7, 11) is -3.77. The van der Waals surface area contributed by atoms with Crippen LogP contribution in [0.3, 0.4) is 0 Å². The smallest absolute Gasteiger partial charge is 0.192 e. The number of hydrogen-bond donors (Lipinski definition) is 1. The molecule has 0 aromatic rings. The minimum absolute atomic E-state index is 0.212. The van der Waals surface area contributed by atoms with Crippen LogP contribution in [0, 0.1) is 0 Å². The number of aliphatic hydroxyl groups is 1. The fourth-order valence-corrected chi connectivity index (χ4v) is 8.08. The molecule has 0 heterocycles. The van der Waals surface area contributed by atoms with Gasteiger partial charge in [-0.1, -0.05) is 132 Å². The van der Waals surface area contributed by atoms with Crippen molar-refractivity contribution in [3.05, 3.63) is 0 Å². The first kappa shape index (κ1) is 43.3. The Morgan fingerprint density at radius 2 is 0.884 bits per heavy atom. The van der Waals surface area contributed by atoms with Gasteiger partial charge in [-0.3, -0.25) is 4.90 Å². The van der Waals surface area contributed by atoms with Gasteiger partial charge < -0.3 is 14.0 Å². The lowest BCUT2D eigenvalue weighted by atomic mass is 10.1. The van der Waals surface area contributed by atoms with Gasteiger partial charge in [0.25, 0.3) is 0 Å². The molecule has 43 heavy (non-hydrogen) atoms. The molecule has 0 aliphatic heterocycles. The molecular formula is C37H81NO3Si2. The Morgan fingerprint density at radius 1 is 0.535 bits per heavy atom. The minimum Gasteiger partial charge on any atom is -0.413 e. The summed E-state index contributed by atoms with van der Waals surface area (Å²) in [6.45, 7) is 31.9. The molecule has 0 radical (unpaired) electrons. The fraction of sp³-hybridized carbons (Fsp3) is 1.00. The Kier molecular flexibility index (Phi) is 22.9. The van der Waals surface area contributed by atoms with E-state index in [0.29, 0.717) is 6.61 Å². The monoisotopic (exact) mass is 644 g/mol. The van der Waals surface area contributed by atoms with Gasteiger partial charge in [0.2, 0.25) is 0 Å². The van der Waals surface area contributed by atoms with Gasteiger partial charge in [-0.15, -0.1) is 0 Å². The van der Waals surface area contributed by atoms with Crippen LogP contribution in [0.15, 0.2) is 0 Å². The van der Waals surface area contributed by atoms with Crippen LogP contribution in [0.1, 0.15) is 165 Å². The lowest BCUT2D eigenvalue weighted by Gasteiger charge is -2.42. The fourth-order valence-electron chi connectivity index (χ4n) is 5.32. The summed E-state index contributed by atoms with van der Waals surface area (Å²) in [6.07, 6.45) is 22.0. The molecule has 0 aromatic heterocycles. The Hall–Kier alpha value is 0.274. The van der Waals surface area contributed by atoms with Crippen molar-refractivity contribution in [3.63, 3.8) is 0 Å². The molecule has 0 aliphatic carbocycles. The molecule has 2 atom stereocenters. The van der Waals surface area contributed by atoms with Crippen molar-refractivity contribution in [1.29, 1.82) is 0 Å². The number of unbranched alkanes of at least 4 members (excludes halogenated alkanes) is 12. The third kappa shape index (κ3) is 20.2. The number of rotatable bonds is 27. The molecule has 0 aliphatic rings. The maximum absolute atomic E-state index is 9.43. The van der Waals surface area contributed by atoms with E-state index in [2.05, 4.69) is 86.5 Å². The lowest BCUT2D eigenvalue weighted by molar-refractivity contribution is 0.0676. The minimum atomic E-state index is -1.88. The standard InChI is InChI=1S/C37H81NO3Si2/c1-13-15-17-19-21-24-28-34(40-42(9,10)36(3,4)5)32-38(30-26-23-27-31-39)33-35(29-25-22-20-18-16-14-2)41-43(11,12)37(6,7)8/h34-35,39H,13-33H2,1-12H3. The molecule has 0 amide bonds. The third-order valence-corrected chi connectivity index (χ3v) is 19.4. The Morgan fingerprint density at radius 3 is 1.23 bits per heavy atom. The first-order valence-corrected chi connectivity index (χ1v) is 24.5. The summed E-state index contributed by atoms with van der Waals surface area (Å²) in [5, 5.41) is 9.86. The van der Waals surface area contributed by atoms with E-state index >= 15 is 0 Å². The van der Waals surface area contributed by atoms with Crippen molar-refractivity contribution >= 4 is 16.6 Å². The van der Waals surface area contributed by atoms with Gasteiger partial charge in [0.05, 0.1) is 12.2 Å². The number of hydrogen-bond acceptors (Lipinski definition) is 4. The Bertz CT molecular complexity index is 607. The van der Waals surface area contributed by atoms with E-state index < -0.39 is 16.6 Å². The van der Waals surface area contributed by atoms with Gasteiger partial charge in [-0.05, 0) is 74.9 Å². The molecule has 0 saturated carbocycles. The summed E-state index contributed by atoms with van der Waals surface area (Å²) >= 11 is 0. The maximum atomic E-state index is 9.43. The van der Waals surface area contributed by atoms with Crippen molar-refractivity contribution in [2.24, 2.45) is 0 Å². The SMILES string of the molecule is CCCCCCCCC(CN(CCCCCO)CC(CCCCCCCC)O[Si](C)(C)C(C)(C)C)O[Si](C)(C)C(C)(C)C. The van der Waals surface area contributed by atoms with Crippen molar-refractivity contribution in [2.75, 3.05) is 26.2 Å². The molecule has 0 spiro atoms. The predicted molar refractivity (Wildman–Crippen MR) is 198 cm³/mol. The zero-order chi connectivity index (χ0) is 33.0. The summed E-state index contributed by atoms with van der Waals surface area (Å²) in [6, 6.07) is 0. The molecule has 260 valence electrons. The van der Waals surface area contributed by atoms with E-state index in [0.717, 1.165) is 51.7 Å². The first-order valence-electron chi connectivity index (χ1n) is 18.7. The maximum Gasteiger partial charge on any atom is 0.192 e. The average molecular weight is 644 g/mol. The van der Waals surface area contributed by atoms with Gasteiger partial charge in [0, 0.05) is 19.7 Å². The molecule has 0 rings (SSSR count). The average Bonchev–Trinajstić information content (AvgIpc) is 2.88. The van der Waals surface area contributed by atoms with E-state index in [4.69, 9.17) is 8.85 Å². The third-order valence-electron chi connectivity index (χ3n) is 10.4. The molecule has 0 saturated heterocycles.